The summed E-state index contributed by atoms with van der Waals surface area (Å²) in [6, 6.07) is 2.23. The molecule has 2 heterocycles. The summed E-state index contributed by atoms with van der Waals surface area (Å²) in [6.07, 6.45) is -0.246. The van der Waals surface area contributed by atoms with Gasteiger partial charge in [0.15, 0.2) is 17.0 Å². The fourth-order valence-electron chi connectivity index (χ4n) is 5.43. The molecule has 4 rings (SSSR count). The summed E-state index contributed by atoms with van der Waals surface area (Å²) in [7, 11) is 0. The van der Waals surface area contributed by atoms with Crippen LogP contribution in [0.3, 0.4) is 0 Å². The summed E-state index contributed by atoms with van der Waals surface area (Å²) in [4.78, 5) is 19.2. The van der Waals surface area contributed by atoms with Crippen LogP contribution < -0.4 is 10.2 Å². The Morgan fingerprint density at radius 2 is 1.92 bits per heavy atom. The van der Waals surface area contributed by atoms with E-state index in [9.17, 15) is 23.1 Å². The first-order chi connectivity index (χ1) is 16.8. The number of ether oxygens (including phenoxy) is 1. The van der Waals surface area contributed by atoms with Crippen molar-refractivity contribution in [1.82, 2.24) is 15.2 Å². The van der Waals surface area contributed by atoms with Gasteiger partial charge in [-0.15, -0.1) is 0 Å². The normalized spacial score (nSPS) is 25.9. The molecule has 1 aromatic rings. The number of alkyl halides is 3. The monoisotopic (exact) mass is 525 g/mol. The molecular weight excluding hydrogens is 495 g/mol. The lowest BCUT2D eigenvalue weighted by Crippen LogP contribution is -2.60. The summed E-state index contributed by atoms with van der Waals surface area (Å²) >= 11 is 5.74. The van der Waals surface area contributed by atoms with Crippen LogP contribution in [0.4, 0.5) is 23.7 Å². The van der Waals surface area contributed by atoms with E-state index in [2.05, 4.69) is 10.3 Å². The Bertz CT molecular complexity index is 1070. The quantitative estimate of drug-likeness (QED) is 0.558. The summed E-state index contributed by atoms with van der Waals surface area (Å²) in [5.41, 5.74) is -3.15. The number of alkyl carbamates (subject to hydrolysis) is 1. The summed E-state index contributed by atoms with van der Waals surface area (Å²) in [5.74, 6) is 0. The smallest absolute Gasteiger partial charge is 0.419 e. The van der Waals surface area contributed by atoms with E-state index in [4.69, 9.17) is 22.2 Å². The van der Waals surface area contributed by atoms with E-state index in [1.807, 2.05) is 4.90 Å². The predicted octanol–water partition coefficient (Wildman–Crippen LogP) is 4.46. The standard InChI is InChI=1S/C24H30F3N5O3S/c1-22(2,3)35-20(34)30-14-5-7-15(8-6-14)32-21(36)31(19(33)23(32)9-4-10-23)16-11-17(24(25,26)27)18(12-28)29-13-16/h11,13-15,19,33H,4-10H2,1-3H3,(H,30,34). The van der Waals surface area contributed by atoms with E-state index in [1.54, 1.807) is 20.8 Å². The highest BCUT2D eigenvalue weighted by Gasteiger charge is 2.60. The fraction of sp³-hybridized carbons (Fsp3) is 0.667. The number of aromatic nitrogens is 1. The Morgan fingerprint density at radius 3 is 2.42 bits per heavy atom. The molecule has 1 aliphatic heterocycles. The number of anilines is 1. The van der Waals surface area contributed by atoms with E-state index in [0.717, 1.165) is 18.7 Å². The second-order valence-corrected chi connectivity index (χ2v) is 11.1. The minimum Gasteiger partial charge on any atom is -0.444 e. The number of hydrogen-bond donors (Lipinski definition) is 2. The van der Waals surface area contributed by atoms with Gasteiger partial charge in [0, 0.05) is 12.1 Å². The molecule has 3 fully saturated rings. The first-order valence-electron chi connectivity index (χ1n) is 12.0. The lowest BCUT2D eigenvalue weighted by molar-refractivity contribution is -0.138. The number of carbonyl (C=O) groups excluding carboxylic acids is 1. The van der Waals surface area contributed by atoms with Crippen molar-refractivity contribution in [3.05, 3.63) is 23.5 Å². The fourth-order valence-corrected chi connectivity index (χ4v) is 5.96. The number of hydrogen-bond acceptors (Lipinski definition) is 6. The van der Waals surface area contributed by atoms with Gasteiger partial charge in [0.25, 0.3) is 0 Å². The molecule has 12 heteroatoms. The highest BCUT2D eigenvalue weighted by atomic mass is 32.1. The van der Waals surface area contributed by atoms with E-state index < -0.39 is 40.9 Å². The van der Waals surface area contributed by atoms with Gasteiger partial charge in [0.1, 0.15) is 11.7 Å². The molecule has 1 unspecified atom stereocenters. The van der Waals surface area contributed by atoms with Gasteiger partial charge in [0.05, 0.1) is 23.0 Å². The van der Waals surface area contributed by atoms with Gasteiger partial charge in [-0.3, -0.25) is 4.90 Å². The molecule has 2 saturated carbocycles. The van der Waals surface area contributed by atoms with Gasteiger partial charge in [-0.05, 0) is 84.0 Å². The van der Waals surface area contributed by atoms with E-state index in [-0.39, 0.29) is 22.9 Å². The number of nitriles is 1. The van der Waals surface area contributed by atoms with Crippen LogP contribution in [-0.2, 0) is 10.9 Å². The Balaban J connectivity index is 1.53. The van der Waals surface area contributed by atoms with Crippen molar-refractivity contribution in [2.45, 2.75) is 101 Å². The van der Waals surface area contributed by atoms with Crippen LogP contribution in [0.25, 0.3) is 0 Å². The Kier molecular flexibility index (Phi) is 6.85. The number of amides is 1. The molecule has 0 bridgehead atoms. The molecule has 1 saturated heterocycles. The van der Waals surface area contributed by atoms with E-state index in [1.165, 1.54) is 11.0 Å². The van der Waals surface area contributed by atoms with Crippen LogP contribution >= 0.6 is 12.2 Å². The lowest BCUT2D eigenvalue weighted by atomic mass is 9.73. The third kappa shape index (κ3) is 4.83. The highest BCUT2D eigenvalue weighted by molar-refractivity contribution is 7.80. The predicted molar refractivity (Wildman–Crippen MR) is 129 cm³/mol. The molecule has 196 valence electrons. The van der Waals surface area contributed by atoms with Gasteiger partial charge in [-0.1, -0.05) is 0 Å². The molecule has 1 spiro atoms. The Morgan fingerprint density at radius 1 is 1.28 bits per heavy atom. The van der Waals surface area contributed by atoms with Crippen LogP contribution in [0.15, 0.2) is 12.3 Å². The topological polar surface area (TPSA) is 102 Å². The van der Waals surface area contributed by atoms with Crippen LogP contribution in [0.2, 0.25) is 0 Å². The number of pyridine rings is 1. The number of aliphatic hydroxyl groups excluding tert-OH is 1. The van der Waals surface area contributed by atoms with Gasteiger partial charge in [-0.2, -0.15) is 18.4 Å². The second kappa shape index (κ2) is 9.34. The van der Waals surface area contributed by atoms with Crippen LogP contribution in [-0.4, -0.2) is 55.6 Å². The van der Waals surface area contributed by atoms with Crippen molar-refractivity contribution in [3.63, 3.8) is 0 Å². The lowest BCUT2D eigenvalue weighted by Gasteiger charge is -2.51. The molecule has 1 amide bonds. The molecular formula is C24H30F3N5O3S. The third-order valence-corrected chi connectivity index (χ3v) is 7.58. The molecule has 8 nitrogen and oxygen atoms in total. The van der Waals surface area contributed by atoms with E-state index >= 15 is 0 Å². The van der Waals surface area contributed by atoms with Crippen LogP contribution in [0.1, 0.15) is 77.0 Å². The Labute approximate surface area is 213 Å². The number of nitrogens with zero attached hydrogens (tertiary/aromatic N) is 4. The van der Waals surface area contributed by atoms with Gasteiger partial charge < -0.3 is 20.1 Å². The molecule has 2 N–H and O–H groups in total. The van der Waals surface area contributed by atoms with E-state index in [0.29, 0.717) is 38.5 Å². The van der Waals surface area contributed by atoms with Crippen molar-refractivity contribution in [1.29, 1.82) is 5.26 Å². The van der Waals surface area contributed by atoms with Gasteiger partial charge in [0.2, 0.25) is 0 Å². The maximum atomic E-state index is 13.6. The van der Waals surface area contributed by atoms with Crippen molar-refractivity contribution in [3.8, 4) is 6.07 Å². The average Bonchev–Trinajstić information content (AvgIpc) is 2.98. The number of thiocarbonyl (C=S) groups is 1. The first kappa shape index (κ1) is 26.4. The molecule has 1 atom stereocenters. The maximum Gasteiger partial charge on any atom is 0.419 e. The number of halogens is 3. The minimum atomic E-state index is -4.77. The van der Waals surface area contributed by atoms with Gasteiger partial charge in [-0.25, -0.2) is 9.78 Å². The zero-order chi connectivity index (χ0) is 26.5. The third-order valence-electron chi connectivity index (χ3n) is 7.18. The summed E-state index contributed by atoms with van der Waals surface area (Å²) in [6.45, 7) is 5.40. The first-order valence-corrected chi connectivity index (χ1v) is 12.4. The second-order valence-electron chi connectivity index (χ2n) is 10.7. The number of nitrogens with one attached hydrogen (secondary N) is 1. The van der Waals surface area contributed by atoms with Crippen molar-refractivity contribution < 1.29 is 27.8 Å². The number of carbonyl (C=O) groups is 1. The molecule has 1 aromatic heterocycles. The number of aliphatic hydroxyl groups is 1. The van der Waals surface area contributed by atoms with Crippen molar-refractivity contribution in [2.24, 2.45) is 0 Å². The molecule has 3 aliphatic rings. The van der Waals surface area contributed by atoms with Gasteiger partial charge >= 0.3 is 12.3 Å². The average molecular weight is 526 g/mol. The molecule has 2 aliphatic carbocycles. The molecule has 0 radical (unpaired) electrons. The van der Waals surface area contributed by atoms with Crippen molar-refractivity contribution in [2.75, 3.05) is 4.90 Å². The van der Waals surface area contributed by atoms with Crippen LogP contribution in [0.5, 0.6) is 0 Å². The number of rotatable bonds is 3. The summed E-state index contributed by atoms with van der Waals surface area (Å²) in [5, 5.41) is 23.6. The largest absolute Gasteiger partial charge is 0.444 e. The summed E-state index contributed by atoms with van der Waals surface area (Å²) < 4.78 is 46.0. The zero-order valence-electron chi connectivity index (χ0n) is 20.4. The maximum absolute atomic E-state index is 13.6. The van der Waals surface area contributed by atoms with Crippen molar-refractivity contribution >= 4 is 29.1 Å². The zero-order valence-corrected chi connectivity index (χ0v) is 21.2. The SMILES string of the molecule is CC(C)(C)OC(=O)NC1CCC(N2C(=S)N(c3cnc(C#N)c(C(F)(F)F)c3)C(O)C23CCC3)CC1. The van der Waals surface area contributed by atoms with Crippen LogP contribution in [0, 0.1) is 11.3 Å². The highest BCUT2D eigenvalue weighted by Crippen LogP contribution is 2.50. The molecule has 36 heavy (non-hydrogen) atoms. The minimum absolute atomic E-state index is 0.00729. The molecule has 0 aromatic carbocycles. The Hall–Kier alpha value is -2.65.